The lowest BCUT2D eigenvalue weighted by Gasteiger charge is -2.25. The number of aromatic amines is 1. The minimum atomic E-state index is -1.30. The third-order valence-corrected chi connectivity index (χ3v) is 7.64. The molecule has 1 heterocycles. The van der Waals surface area contributed by atoms with Gasteiger partial charge >= 0.3 is 11.9 Å². The van der Waals surface area contributed by atoms with Gasteiger partial charge in [-0.1, -0.05) is 60.7 Å². The molecule has 3 amide bonds. The van der Waals surface area contributed by atoms with E-state index in [9.17, 15) is 34.2 Å². The molecule has 0 aliphatic rings. The quantitative estimate of drug-likeness (QED) is 0.0887. The summed E-state index contributed by atoms with van der Waals surface area (Å²) < 4.78 is 0. The van der Waals surface area contributed by atoms with Gasteiger partial charge in [-0.25, -0.2) is 4.79 Å². The Balaban J connectivity index is 1.60. The van der Waals surface area contributed by atoms with Crippen molar-refractivity contribution in [3.05, 3.63) is 102 Å². The van der Waals surface area contributed by atoms with Crippen LogP contribution >= 0.6 is 0 Å². The van der Waals surface area contributed by atoms with E-state index < -0.39 is 53.8 Å². The summed E-state index contributed by atoms with van der Waals surface area (Å²) in [5, 5.41) is 37.2. The molecule has 3 aromatic carbocycles. The number of carbonyl (C=O) groups excluding carboxylic acids is 3. The molecule has 0 fully saturated rings. The van der Waals surface area contributed by atoms with Crippen LogP contribution in [0.5, 0.6) is 5.75 Å². The smallest absolute Gasteiger partial charge is 0.326 e. The topological polar surface area (TPSA) is 224 Å². The van der Waals surface area contributed by atoms with Gasteiger partial charge in [0.25, 0.3) is 0 Å². The Kier molecular flexibility index (Phi) is 11.7. The Hall–Kier alpha value is -5.69. The monoisotopic (exact) mass is 643 g/mol. The predicted molar refractivity (Wildman–Crippen MR) is 172 cm³/mol. The van der Waals surface area contributed by atoms with Crippen molar-refractivity contribution in [3.8, 4) is 5.75 Å². The van der Waals surface area contributed by atoms with E-state index in [1.807, 2.05) is 24.3 Å². The second-order valence-electron chi connectivity index (χ2n) is 11.2. The highest BCUT2D eigenvalue weighted by Crippen LogP contribution is 2.20. The number of phenols is 1. The van der Waals surface area contributed by atoms with E-state index in [-0.39, 0.29) is 37.9 Å². The molecule has 13 heteroatoms. The van der Waals surface area contributed by atoms with Crippen molar-refractivity contribution in [2.45, 2.75) is 56.3 Å². The van der Waals surface area contributed by atoms with Crippen LogP contribution in [-0.4, -0.2) is 74.1 Å². The number of nitrogens with one attached hydrogen (secondary N) is 4. The van der Waals surface area contributed by atoms with E-state index in [1.165, 1.54) is 12.1 Å². The third-order valence-electron chi connectivity index (χ3n) is 7.64. The lowest BCUT2D eigenvalue weighted by Crippen LogP contribution is -2.58. The highest BCUT2D eigenvalue weighted by Gasteiger charge is 2.31. The van der Waals surface area contributed by atoms with Gasteiger partial charge in [0.2, 0.25) is 17.7 Å². The highest BCUT2D eigenvalue weighted by molar-refractivity contribution is 5.95. The number of carboxylic acid groups (broad SMARTS) is 2. The molecule has 1 aromatic heterocycles. The van der Waals surface area contributed by atoms with Crippen molar-refractivity contribution in [3.63, 3.8) is 0 Å². The summed E-state index contributed by atoms with van der Waals surface area (Å²) in [5.74, 6) is -4.67. The zero-order chi connectivity index (χ0) is 33.9. The molecular formula is C34H37N5O8. The van der Waals surface area contributed by atoms with E-state index in [1.54, 1.807) is 48.7 Å². The standard InChI is InChI=1S/C34H37N5O8/c35-25(14-15-30(41)42)31(43)37-27(16-21-10-12-23(40)13-11-21)32(44)38-28(18-22-19-36-26-9-5-4-8-24(22)26)33(45)39-29(34(46)47)17-20-6-2-1-3-7-20/h1-13,19,25,27-29,36,40H,14-18,35H2,(H,37,43)(H,38,44)(H,39,45)(H,41,42)(H,46,47). The molecule has 4 rings (SSSR count). The predicted octanol–water partition coefficient (Wildman–Crippen LogP) is 1.63. The molecule has 246 valence electrons. The fraction of sp³-hybridized carbons (Fsp3) is 0.265. The van der Waals surface area contributed by atoms with E-state index in [4.69, 9.17) is 10.8 Å². The number of aliphatic carboxylic acids is 2. The van der Waals surface area contributed by atoms with Gasteiger partial charge in [0, 0.05) is 42.8 Å². The lowest BCUT2D eigenvalue weighted by molar-refractivity contribution is -0.142. The Morgan fingerprint density at radius 2 is 1.23 bits per heavy atom. The first kappa shape index (κ1) is 34.2. The van der Waals surface area contributed by atoms with Crippen molar-refractivity contribution in [2.75, 3.05) is 0 Å². The van der Waals surface area contributed by atoms with Crippen LogP contribution in [0, 0.1) is 0 Å². The number of phenolic OH excluding ortho intramolecular Hbond substituents is 1. The summed E-state index contributed by atoms with van der Waals surface area (Å²) in [4.78, 5) is 66.8. The van der Waals surface area contributed by atoms with Gasteiger partial charge in [0.05, 0.1) is 6.04 Å². The molecule has 0 aliphatic carbocycles. The maximum Gasteiger partial charge on any atom is 0.326 e. The van der Waals surface area contributed by atoms with Gasteiger partial charge in [0.1, 0.15) is 23.9 Å². The van der Waals surface area contributed by atoms with Crippen molar-refractivity contribution < 1.29 is 39.3 Å². The second kappa shape index (κ2) is 16.0. The van der Waals surface area contributed by atoms with Gasteiger partial charge in [-0.2, -0.15) is 0 Å². The molecule has 4 aromatic rings. The summed E-state index contributed by atoms with van der Waals surface area (Å²) >= 11 is 0. The number of rotatable bonds is 16. The maximum absolute atomic E-state index is 13.8. The van der Waals surface area contributed by atoms with Gasteiger partial charge < -0.3 is 42.0 Å². The summed E-state index contributed by atoms with van der Waals surface area (Å²) in [5.41, 5.74) is 8.64. The molecular weight excluding hydrogens is 606 g/mol. The molecule has 0 saturated heterocycles. The summed E-state index contributed by atoms with van der Waals surface area (Å²) in [6, 6.07) is 17.0. The van der Waals surface area contributed by atoms with E-state index in [2.05, 4.69) is 20.9 Å². The first-order chi connectivity index (χ1) is 22.5. The van der Waals surface area contributed by atoms with Crippen LogP contribution in [0.15, 0.2) is 85.1 Å². The molecule has 4 unspecified atom stereocenters. The number of aromatic nitrogens is 1. The van der Waals surface area contributed by atoms with Gasteiger partial charge in [-0.05, 0) is 41.3 Å². The SMILES string of the molecule is NC(CCC(=O)O)C(=O)NC(Cc1ccc(O)cc1)C(=O)NC(Cc1c[nH]c2ccccc12)C(=O)NC(Cc1ccccc1)C(=O)O. The molecule has 47 heavy (non-hydrogen) atoms. The molecule has 0 saturated carbocycles. The van der Waals surface area contributed by atoms with Crippen LogP contribution in [0.1, 0.15) is 29.5 Å². The first-order valence-electron chi connectivity index (χ1n) is 15.0. The largest absolute Gasteiger partial charge is 0.508 e. The van der Waals surface area contributed by atoms with Crippen LogP contribution in [0.2, 0.25) is 0 Å². The Bertz CT molecular complexity index is 1710. The van der Waals surface area contributed by atoms with Crippen molar-refractivity contribution in [2.24, 2.45) is 5.73 Å². The number of nitrogens with two attached hydrogens (primary N) is 1. The number of benzene rings is 3. The first-order valence-corrected chi connectivity index (χ1v) is 15.0. The van der Waals surface area contributed by atoms with E-state index in [0.29, 0.717) is 16.7 Å². The summed E-state index contributed by atoms with van der Waals surface area (Å²) in [6.45, 7) is 0. The number of carbonyl (C=O) groups is 5. The summed E-state index contributed by atoms with van der Waals surface area (Å²) in [6.07, 6.45) is 1.10. The minimum absolute atomic E-state index is 0.00340. The fourth-order valence-corrected chi connectivity index (χ4v) is 5.09. The number of hydrogen-bond acceptors (Lipinski definition) is 7. The van der Waals surface area contributed by atoms with Crippen molar-refractivity contribution in [1.82, 2.24) is 20.9 Å². The number of fused-ring (bicyclic) bond motifs is 1. The average Bonchev–Trinajstić information content (AvgIpc) is 3.46. The van der Waals surface area contributed by atoms with Crippen LogP contribution in [0.25, 0.3) is 10.9 Å². The normalized spacial score (nSPS) is 13.6. The lowest BCUT2D eigenvalue weighted by atomic mass is 10.0. The number of para-hydroxylation sites is 1. The van der Waals surface area contributed by atoms with Gasteiger partial charge in [0.15, 0.2) is 0 Å². The Morgan fingerprint density at radius 3 is 1.89 bits per heavy atom. The zero-order valence-corrected chi connectivity index (χ0v) is 25.4. The third kappa shape index (κ3) is 9.90. The fourth-order valence-electron chi connectivity index (χ4n) is 5.09. The summed E-state index contributed by atoms with van der Waals surface area (Å²) in [7, 11) is 0. The van der Waals surface area contributed by atoms with Crippen LogP contribution in [0.4, 0.5) is 0 Å². The molecule has 0 aliphatic heterocycles. The highest BCUT2D eigenvalue weighted by atomic mass is 16.4. The Labute approximate surface area is 270 Å². The zero-order valence-electron chi connectivity index (χ0n) is 25.4. The second-order valence-corrected chi connectivity index (χ2v) is 11.2. The van der Waals surface area contributed by atoms with Crippen molar-refractivity contribution >= 4 is 40.6 Å². The van der Waals surface area contributed by atoms with E-state index in [0.717, 1.165) is 10.9 Å². The number of H-pyrrole nitrogens is 1. The van der Waals surface area contributed by atoms with Crippen LogP contribution in [-0.2, 0) is 43.2 Å². The molecule has 13 nitrogen and oxygen atoms in total. The number of hydrogen-bond donors (Lipinski definition) is 8. The van der Waals surface area contributed by atoms with E-state index >= 15 is 0 Å². The maximum atomic E-state index is 13.8. The van der Waals surface area contributed by atoms with Crippen molar-refractivity contribution in [1.29, 1.82) is 0 Å². The van der Waals surface area contributed by atoms with Gasteiger partial charge in [-0.3, -0.25) is 19.2 Å². The van der Waals surface area contributed by atoms with Gasteiger partial charge in [-0.15, -0.1) is 0 Å². The molecule has 9 N–H and O–H groups in total. The number of carboxylic acids is 2. The Morgan fingerprint density at radius 1 is 0.681 bits per heavy atom. The molecule has 0 radical (unpaired) electrons. The molecule has 0 spiro atoms. The van der Waals surface area contributed by atoms with Crippen LogP contribution < -0.4 is 21.7 Å². The molecule has 4 atom stereocenters. The number of aromatic hydroxyl groups is 1. The average molecular weight is 644 g/mol. The molecule has 0 bridgehead atoms. The number of amides is 3. The minimum Gasteiger partial charge on any atom is -0.508 e. The van der Waals surface area contributed by atoms with Crippen LogP contribution in [0.3, 0.4) is 0 Å².